The Morgan fingerprint density at radius 3 is 1.96 bits per heavy atom. The van der Waals surface area contributed by atoms with Crippen molar-refractivity contribution in [3.63, 3.8) is 0 Å². The molecule has 2 rings (SSSR count). The van der Waals surface area contributed by atoms with Crippen molar-refractivity contribution in [2.45, 2.75) is 18.4 Å². The Hall–Kier alpha value is -0.770. The van der Waals surface area contributed by atoms with E-state index in [-0.39, 0.29) is 57.1 Å². The van der Waals surface area contributed by atoms with Crippen LogP contribution in [0, 0.1) is 5.82 Å². The Morgan fingerprint density at radius 2 is 1.50 bits per heavy atom. The van der Waals surface area contributed by atoms with E-state index in [1.54, 1.807) is 0 Å². The largest absolute Gasteiger partial charge is 0.416 e. The first-order valence-electron chi connectivity index (χ1n) is 6.49. The molecule has 1 fully saturated rings. The lowest BCUT2D eigenvalue weighted by atomic mass is 10.00. The molecule has 0 aromatic heterocycles. The first-order chi connectivity index (χ1) is 10.1. The van der Waals surface area contributed by atoms with Crippen LogP contribution in [0.3, 0.4) is 0 Å². The van der Waals surface area contributed by atoms with Gasteiger partial charge >= 0.3 is 12.4 Å². The van der Waals surface area contributed by atoms with Crippen molar-refractivity contribution >= 4 is 24.8 Å². The monoisotopic (exact) mass is 402 g/mol. The third-order valence-electron chi connectivity index (χ3n) is 3.44. The minimum Gasteiger partial charge on any atom is -0.314 e. The highest BCUT2D eigenvalue weighted by atomic mass is 35.5. The molecule has 11 heteroatoms. The lowest BCUT2D eigenvalue weighted by molar-refractivity contribution is -0.189. The maximum absolute atomic E-state index is 13.8. The van der Waals surface area contributed by atoms with Gasteiger partial charge in [0.15, 0.2) is 0 Å². The van der Waals surface area contributed by atoms with Crippen molar-refractivity contribution < 1.29 is 30.7 Å². The molecule has 1 aromatic rings. The SMILES string of the molecule is Cl.Cl.Fc1ccc(C(F)(F)F)cc1[C@@H](N1CCNCC1)C(F)(F)F. The molecule has 1 heterocycles. The summed E-state index contributed by atoms with van der Waals surface area (Å²) < 4.78 is 91.7. The second-order valence-electron chi connectivity index (χ2n) is 4.96. The summed E-state index contributed by atoms with van der Waals surface area (Å²) in [7, 11) is 0. The molecule has 1 atom stereocenters. The molecular formula is C13H15Cl2F7N2. The average molecular weight is 403 g/mol. The van der Waals surface area contributed by atoms with Crippen molar-refractivity contribution in [2.24, 2.45) is 0 Å². The summed E-state index contributed by atoms with van der Waals surface area (Å²) in [6, 6.07) is -1.28. The molecule has 0 radical (unpaired) electrons. The van der Waals surface area contributed by atoms with Crippen LogP contribution in [0.5, 0.6) is 0 Å². The fraction of sp³-hybridized carbons (Fsp3) is 0.538. The molecule has 0 spiro atoms. The Morgan fingerprint density at radius 1 is 0.958 bits per heavy atom. The number of hydrogen-bond donors (Lipinski definition) is 1. The first-order valence-corrected chi connectivity index (χ1v) is 6.49. The van der Waals surface area contributed by atoms with Gasteiger partial charge in [-0.25, -0.2) is 4.39 Å². The minimum atomic E-state index is -4.87. The van der Waals surface area contributed by atoms with E-state index in [9.17, 15) is 30.7 Å². The summed E-state index contributed by atoms with van der Waals surface area (Å²) in [5, 5.41) is 2.84. The van der Waals surface area contributed by atoms with E-state index >= 15 is 0 Å². The van der Waals surface area contributed by atoms with E-state index in [1.807, 2.05) is 0 Å². The maximum atomic E-state index is 13.8. The van der Waals surface area contributed by atoms with Crippen LogP contribution in [0.1, 0.15) is 17.2 Å². The summed E-state index contributed by atoms with van der Waals surface area (Å²) >= 11 is 0. The molecule has 0 bridgehead atoms. The van der Waals surface area contributed by atoms with E-state index in [0.717, 1.165) is 4.90 Å². The molecule has 0 amide bonds. The fourth-order valence-corrected chi connectivity index (χ4v) is 2.45. The Balaban J connectivity index is 0.00000264. The summed E-state index contributed by atoms with van der Waals surface area (Å²) in [6.07, 6.45) is -9.70. The van der Waals surface area contributed by atoms with Gasteiger partial charge in [-0.15, -0.1) is 24.8 Å². The van der Waals surface area contributed by atoms with Crippen molar-refractivity contribution in [3.05, 3.63) is 35.1 Å². The van der Waals surface area contributed by atoms with Crippen LogP contribution in [0.4, 0.5) is 30.7 Å². The first kappa shape index (κ1) is 23.2. The van der Waals surface area contributed by atoms with Crippen molar-refractivity contribution in [1.82, 2.24) is 10.2 Å². The van der Waals surface area contributed by atoms with Gasteiger partial charge in [0.25, 0.3) is 0 Å². The van der Waals surface area contributed by atoms with Crippen molar-refractivity contribution in [1.29, 1.82) is 0 Å². The normalized spacial score (nSPS) is 17.6. The van der Waals surface area contributed by atoms with Crippen LogP contribution in [0.15, 0.2) is 18.2 Å². The fourth-order valence-electron chi connectivity index (χ4n) is 2.45. The van der Waals surface area contributed by atoms with Gasteiger partial charge < -0.3 is 5.32 Å². The highest BCUT2D eigenvalue weighted by Crippen LogP contribution is 2.41. The third-order valence-corrected chi connectivity index (χ3v) is 3.44. The quantitative estimate of drug-likeness (QED) is 0.745. The van der Waals surface area contributed by atoms with Crippen molar-refractivity contribution in [3.8, 4) is 0 Å². The molecule has 1 aromatic carbocycles. The third kappa shape index (κ3) is 5.37. The second kappa shape index (κ2) is 8.55. The zero-order chi connectivity index (χ0) is 16.5. The number of nitrogens with one attached hydrogen (secondary N) is 1. The summed E-state index contributed by atoms with van der Waals surface area (Å²) in [5.74, 6) is -1.30. The average Bonchev–Trinajstić information content (AvgIpc) is 2.39. The van der Waals surface area contributed by atoms with E-state index in [0.29, 0.717) is 12.1 Å². The molecule has 0 saturated carbocycles. The van der Waals surface area contributed by atoms with Crippen LogP contribution in [-0.4, -0.2) is 37.3 Å². The number of halogens is 9. The van der Waals surface area contributed by atoms with Crippen LogP contribution in [0.25, 0.3) is 0 Å². The number of benzene rings is 1. The topological polar surface area (TPSA) is 15.3 Å². The van der Waals surface area contributed by atoms with Crippen LogP contribution >= 0.6 is 24.8 Å². The highest BCUT2D eigenvalue weighted by Gasteiger charge is 2.47. The Kier molecular flexibility index (Phi) is 8.28. The lowest BCUT2D eigenvalue weighted by Gasteiger charge is -2.36. The van der Waals surface area contributed by atoms with E-state index in [2.05, 4.69) is 5.32 Å². The molecule has 140 valence electrons. The molecule has 1 N–H and O–H groups in total. The zero-order valence-corrected chi connectivity index (χ0v) is 13.7. The minimum absolute atomic E-state index is 0. The highest BCUT2D eigenvalue weighted by molar-refractivity contribution is 5.85. The zero-order valence-electron chi connectivity index (χ0n) is 12.0. The predicted molar refractivity (Wildman–Crippen MR) is 79.1 cm³/mol. The lowest BCUT2D eigenvalue weighted by Crippen LogP contribution is -2.49. The van der Waals surface area contributed by atoms with Gasteiger partial charge in [-0.3, -0.25) is 4.90 Å². The predicted octanol–water partition coefficient (Wildman–Crippen LogP) is 4.20. The smallest absolute Gasteiger partial charge is 0.314 e. The van der Waals surface area contributed by atoms with Crippen molar-refractivity contribution in [2.75, 3.05) is 26.2 Å². The molecule has 24 heavy (non-hydrogen) atoms. The summed E-state index contributed by atoms with van der Waals surface area (Å²) in [4.78, 5) is 0.940. The Labute approximate surface area is 146 Å². The maximum Gasteiger partial charge on any atom is 0.416 e. The molecule has 2 nitrogen and oxygen atoms in total. The van der Waals surface area contributed by atoms with Gasteiger partial charge in [-0.1, -0.05) is 0 Å². The number of piperazine rings is 1. The van der Waals surface area contributed by atoms with Gasteiger partial charge in [0, 0.05) is 31.7 Å². The molecule has 1 aliphatic heterocycles. The van der Waals surface area contributed by atoms with Gasteiger partial charge in [-0.05, 0) is 18.2 Å². The van der Waals surface area contributed by atoms with Gasteiger partial charge in [0.1, 0.15) is 11.9 Å². The summed E-state index contributed by atoms with van der Waals surface area (Å²) in [5.41, 5.74) is -2.29. The number of nitrogens with zero attached hydrogens (tertiary/aromatic N) is 1. The molecule has 0 unspecified atom stereocenters. The van der Waals surface area contributed by atoms with Crippen LogP contribution in [0.2, 0.25) is 0 Å². The summed E-state index contributed by atoms with van der Waals surface area (Å²) in [6.45, 7) is 0.458. The standard InChI is InChI=1S/C13H13F7N2.2ClH/c14-10-2-1-8(12(15,16)17)7-9(10)11(13(18,19)20)22-5-3-21-4-6-22;;/h1-2,7,11,21H,3-6H2;2*1H/t11-;;/m1../s1. The number of rotatable bonds is 2. The molecule has 1 saturated heterocycles. The van der Waals surface area contributed by atoms with Crippen LogP contribution < -0.4 is 5.32 Å². The van der Waals surface area contributed by atoms with E-state index in [1.165, 1.54) is 0 Å². The van der Waals surface area contributed by atoms with E-state index < -0.39 is 35.3 Å². The van der Waals surface area contributed by atoms with Gasteiger partial charge in [0.05, 0.1) is 5.56 Å². The Bertz CT molecular complexity index is 528. The number of alkyl halides is 6. The molecular weight excluding hydrogens is 388 g/mol. The van der Waals surface area contributed by atoms with E-state index in [4.69, 9.17) is 0 Å². The van der Waals surface area contributed by atoms with Crippen LogP contribution in [-0.2, 0) is 6.18 Å². The molecule has 1 aliphatic rings. The molecule has 0 aliphatic carbocycles. The number of hydrogen-bond acceptors (Lipinski definition) is 2. The van der Waals surface area contributed by atoms with Gasteiger partial charge in [0.2, 0.25) is 0 Å². The van der Waals surface area contributed by atoms with Gasteiger partial charge in [-0.2, -0.15) is 26.3 Å². The second-order valence-corrected chi connectivity index (χ2v) is 4.96.